The van der Waals surface area contributed by atoms with Crippen LogP contribution >= 0.6 is 0 Å². The van der Waals surface area contributed by atoms with Gasteiger partial charge in [-0.15, -0.1) is 0 Å². The molecule has 0 aromatic heterocycles. The van der Waals surface area contributed by atoms with E-state index in [1.165, 1.54) is 0 Å². The third kappa shape index (κ3) is 5.80. The number of rotatable bonds is 3. The van der Waals surface area contributed by atoms with E-state index >= 15 is 0 Å². The Balaban J connectivity index is 3.42. The Morgan fingerprint density at radius 2 is 2.12 bits per heavy atom. The Morgan fingerprint density at radius 3 is 2.25 bits per heavy atom. The van der Waals surface area contributed by atoms with Gasteiger partial charge in [0.2, 0.25) is 0 Å². The number of ether oxygens (including phenoxy) is 1. The minimum atomic E-state index is -4.15. The maximum atomic E-state index is 10.9. The Hall–Kier alpha value is -0.200. The van der Waals surface area contributed by atoms with Gasteiger partial charge < -0.3 is 4.74 Å². The van der Waals surface area contributed by atoms with Crippen molar-refractivity contribution in [3.8, 4) is 0 Å². The SMILES string of the molecule is O=S(=O)(O)COCF. The van der Waals surface area contributed by atoms with Gasteiger partial charge in [0.15, 0.2) is 12.8 Å². The van der Waals surface area contributed by atoms with E-state index < -0.39 is 22.9 Å². The van der Waals surface area contributed by atoms with Gasteiger partial charge in [-0.2, -0.15) is 8.42 Å². The second kappa shape index (κ2) is 2.95. The van der Waals surface area contributed by atoms with Crippen LogP contribution in [0.3, 0.4) is 0 Å². The summed E-state index contributed by atoms with van der Waals surface area (Å²) < 4.78 is 41.8. The lowest BCUT2D eigenvalue weighted by Crippen LogP contribution is -2.06. The summed E-state index contributed by atoms with van der Waals surface area (Å²) in [7, 11) is -4.15. The standard InChI is InChI=1S/C2H5FO4S/c3-1-7-2-8(4,5)6/h1-2H2,(H,4,5,6). The molecule has 0 aromatic carbocycles. The number of halogens is 1. The van der Waals surface area contributed by atoms with E-state index in [2.05, 4.69) is 4.74 Å². The Kier molecular flexibility index (Phi) is 2.88. The summed E-state index contributed by atoms with van der Waals surface area (Å²) in [4.78, 5) is 0. The number of hydrogen-bond acceptors (Lipinski definition) is 3. The molecular weight excluding hydrogens is 139 g/mol. The van der Waals surface area contributed by atoms with Crippen LogP contribution in [0.15, 0.2) is 0 Å². The highest BCUT2D eigenvalue weighted by atomic mass is 32.2. The summed E-state index contributed by atoms with van der Waals surface area (Å²) in [6, 6.07) is 0. The maximum Gasteiger partial charge on any atom is 0.289 e. The van der Waals surface area contributed by atoms with E-state index in [9.17, 15) is 12.8 Å². The molecule has 0 spiro atoms. The molecule has 0 saturated carbocycles. The molecule has 4 nitrogen and oxygen atoms in total. The molecule has 0 saturated heterocycles. The first-order chi connectivity index (χ1) is 3.56. The van der Waals surface area contributed by atoms with Crippen molar-refractivity contribution < 1.29 is 22.1 Å². The first-order valence-electron chi connectivity index (χ1n) is 1.65. The summed E-state index contributed by atoms with van der Waals surface area (Å²) in [5, 5.41) is 0. The topological polar surface area (TPSA) is 63.6 Å². The van der Waals surface area contributed by atoms with Crippen molar-refractivity contribution in [2.75, 3.05) is 12.8 Å². The van der Waals surface area contributed by atoms with Crippen molar-refractivity contribution in [3.05, 3.63) is 0 Å². The fraction of sp³-hybridized carbons (Fsp3) is 1.00. The molecule has 0 aromatic rings. The lowest BCUT2D eigenvalue weighted by molar-refractivity contribution is 0.0853. The smallest absolute Gasteiger partial charge is 0.289 e. The highest BCUT2D eigenvalue weighted by Gasteiger charge is 2.01. The quantitative estimate of drug-likeness (QED) is 0.556. The summed E-state index contributed by atoms with van der Waals surface area (Å²) in [6.45, 7) is -1.21. The van der Waals surface area contributed by atoms with Gasteiger partial charge >= 0.3 is 0 Å². The van der Waals surface area contributed by atoms with Gasteiger partial charge in [0.1, 0.15) is 0 Å². The lowest BCUT2D eigenvalue weighted by Gasteiger charge is -1.91. The summed E-state index contributed by atoms with van der Waals surface area (Å²) >= 11 is 0. The first-order valence-corrected chi connectivity index (χ1v) is 3.26. The van der Waals surface area contributed by atoms with E-state index in [1.807, 2.05) is 0 Å². The predicted molar refractivity (Wildman–Crippen MR) is 23.5 cm³/mol. The highest BCUT2D eigenvalue weighted by Crippen LogP contribution is 1.82. The highest BCUT2D eigenvalue weighted by molar-refractivity contribution is 7.85. The monoisotopic (exact) mass is 144 g/mol. The fourth-order valence-corrected chi connectivity index (χ4v) is 0.410. The molecule has 50 valence electrons. The molecule has 0 aliphatic heterocycles. The Labute approximate surface area is 46.0 Å². The molecular formula is C2H5FO4S. The second-order valence-corrected chi connectivity index (χ2v) is 2.41. The Morgan fingerprint density at radius 1 is 1.62 bits per heavy atom. The van der Waals surface area contributed by atoms with Crippen LogP contribution in [0.4, 0.5) is 4.39 Å². The van der Waals surface area contributed by atoms with Crippen LogP contribution in [0.2, 0.25) is 0 Å². The molecule has 8 heavy (non-hydrogen) atoms. The number of hydrogen-bond donors (Lipinski definition) is 1. The Bertz CT molecular complexity index is 138. The van der Waals surface area contributed by atoms with Crippen LogP contribution < -0.4 is 0 Å². The van der Waals surface area contributed by atoms with Crippen molar-refractivity contribution in [1.82, 2.24) is 0 Å². The average Bonchev–Trinajstić information content (AvgIpc) is 1.59. The minimum Gasteiger partial charge on any atom is -0.332 e. The summed E-state index contributed by atoms with van der Waals surface area (Å²) in [5.74, 6) is -0.983. The molecule has 0 aliphatic rings. The van der Waals surface area contributed by atoms with Crippen LogP contribution in [-0.2, 0) is 14.9 Å². The van der Waals surface area contributed by atoms with Crippen LogP contribution in [0.5, 0.6) is 0 Å². The minimum absolute atomic E-state index is 0.983. The van der Waals surface area contributed by atoms with Crippen molar-refractivity contribution in [2.45, 2.75) is 0 Å². The van der Waals surface area contributed by atoms with Crippen molar-refractivity contribution in [2.24, 2.45) is 0 Å². The van der Waals surface area contributed by atoms with Crippen LogP contribution in [-0.4, -0.2) is 25.8 Å². The summed E-state index contributed by atoms with van der Waals surface area (Å²) in [5.41, 5.74) is 0. The van der Waals surface area contributed by atoms with Gasteiger partial charge in [0, 0.05) is 0 Å². The lowest BCUT2D eigenvalue weighted by atomic mass is 11.5. The molecule has 0 aliphatic carbocycles. The molecule has 0 atom stereocenters. The van der Waals surface area contributed by atoms with Gasteiger partial charge in [-0.1, -0.05) is 0 Å². The molecule has 1 N–H and O–H groups in total. The average molecular weight is 144 g/mol. The largest absolute Gasteiger partial charge is 0.332 e. The third-order valence-corrected chi connectivity index (χ3v) is 0.774. The molecule has 0 heterocycles. The van der Waals surface area contributed by atoms with E-state index in [0.717, 1.165) is 0 Å². The van der Waals surface area contributed by atoms with Crippen LogP contribution in [0.25, 0.3) is 0 Å². The van der Waals surface area contributed by atoms with E-state index in [-0.39, 0.29) is 0 Å². The van der Waals surface area contributed by atoms with Gasteiger partial charge in [0.05, 0.1) is 0 Å². The van der Waals surface area contributed by atoms with E-state index in [1.54, 1.807) is 0 Å². The zero-order valence-corrected chi connectivity index (χ0v) is 4.69. The zero-order valence-electron chi connectivity index (χ0n) is 3.87. The van der Waals surface area contributed by atoms with Gasteiger partial charge in [-0.05, 0) is 0 Å². The first kappa shape index (κ1) is 7.80. The van der Waals surface area contributed by atoms with Gasteiger partial charge in [-0.25, -0.2) is 4.39 Å². The van der Waals surface area contributed by atoms with Crippen molar-refractivity contribution in [3.63, 3.8) is 0 Å². The third-order valence-electron chi connectivity index (χ3n) is 0.309. The maximum absolute atomic E-state index is 10.9. The molecule has 0 bridgehead atoms. The fourth-order valence-electron chi connectivity index (χ4n) is 0.137. The normalized spacial score (nSPS) is 11.8. The second-order valence-electron chi connectivity index (χ2n) is 1.01. The van der Waals surface area contributed by atoms with E-state index in [4.69, 9.17) is 4.55 Å². The predicted octanol–water partition coefficient (Wildman–Crippen LogP) is -0.225. The van der Waals surface area contributed by atoms with Crippen molar-refractivity contribution >= 4 is 10.1 Å². The summed E-state index contributed by atoms with van der Waals surface area (Å²) in [6.07, 6.45) is 0. The molecule has 0 fully saturated rings. The molecule has 0 rings (SSSR count). The molecule has 0 unspecified atom stereocenters. The molecule has 6 heteroatoms. The molecule has 0 radical (unpaired) electrons. The number of alkyl halides is 1. The molecule has 0 amide bonds. The van der Waals surface area contributed by atoms with Gasteiger partial charge in [-0.3, -0.25) is 4.55 Å². The van der Waals surface area contributed by atoms with Crippen LogP contribution in [0.1, 0.15) is 0 Å². The van der Waals surface area contributed by atoms with Gasteiger partial charge in [0.25, 0.3) is 10.1 Å². The van der Waals surface area contributed by atoms with E-state index in [0.29, 0.717) is 0 Å². The zero-order chi connectivity index (χ0) is 6.62. The van der Waals surface area contributed by atoms with Crippen molar-refractivity contribution in [1.29, 1.82) is 0 Å². The van der Waals surface area contributed by atoms with Crippen LogP contribution in [0, 0.1) is 0 Å².